The largest absolute Gasteiger partial charge is 0.248 e. The van der Waals surface area contributed by atoms with Crippen molar-refractivity contribution in [2.75, 3.05) is 5.75 Å². The number of hydrogen-bond donors (Lipinski definition) is 0. The minimum Gasteiger partial charge on any atom is -0.248 e. The van der Waals surface area contributed by atoms with Gasteiger partial charge in [0, 0.05) is 22.5 Å². The highest BCUT2D eigenvalue weighted by atomic mass is 35.5. The third-order valence-corrected chi connectivity index (χ3v) is 3.17. The van der Waals surface area contributed by atoms with E-state index in [1.807, 2.05) is 6.07 Å². The number of aromatic nitrogens is 1. The zero-order valence-electron chi connectivity index (χ0n) is 6.51. The number of thioether (sulfide) groups is 1. The van der Waals surface area contributed by atoms with Gasteiger partial charge in [-0.1, -0.05) is 34.8 Å². The minimum atomic E-state index is 0.600. The molecule has 0 atom stereocenters. The van der Waals surface area contributed by atoms with Gasteiger partial charge in [0.15, 0.2) is 0 Å². The molecule has 0 spiro atoms. The molecule has 0 aliphatic carbocycles. The van der Waals surface area contributed by atoms with Crippen LogP contribution in [0.5, 0.6) is 0 Å². The van der Waals surface area contributed by atoms with Gasteiger partial charge in [0.1, 0.15) is 0 Å². The van der Waals surface area contributed by atoms with Crippen molar-refractivity contribution in [1.29, 1.82) is 0 Å². The molecule has 13 heavy (non-hydrogen) atoms. The molecule has 0 aliphatic rings. The van der Waals surface area contributed by atoms with E-state index in [0.29, 0.717) is 15.8 Å². The molecule has 0 aromatic carbocycles. The van der Waals surface area contributed by atoms with Crippen LogP contribution >= 0.6 is 46.6 Å². The van der Waals surface area contributed by atoms with Gasteiger partial charge in [0.2, 0.25) is 0 Å². The van der Waals surface area contributed by atoms with E-state index in [1.165, 1.54) is 17.3 Å². The van der Waals surface area contributed by atoms with Crippen molar-refractivity contribution in [2.45, 2.75) is 5.03 Å². The molecule has 1 nitrogen and oxygen atoms in total. The van der Waals surface area contributed by atoms with E-state index in [9.17, 15) is 0 Å². The summed E-state index contributed by atoms with van der Waals surface area (Å²) in [5, 5.41) is 2.10. The number of halogens is 3. The van der Waals surface area contributed by atoms with Crippen LogP contribution in [0, 0.1) is 0 Å². The highest BCUT2D eigenvalue weighted by molar-refractivity contribution is 7.99. The van der Waals surface area contributed by atoms with Gasteiger partial charge in [-0.2, -0.15) is 0 Å². The van der Waals surface area contributed by atoms with Crippen LogP contribution in [0.3, 0.4) is 0 Å². The van der Waals surface area contributed by atoms with Crippen molar-refractivity contribution >= 4 is 46.6 Å². The fourth-order valence-electron chi connectivity index (χ4n) is 0.622. The molecule has 0 aliphatic heterocycles. The summed E-state index contributed by atoms with van der Waals surface area (Å²) >= 11 is 18.3. The lowest BCUT2D eigenvalue weighted by atomic mass is 10.5. The second kappa shape index (κ2) is 5.76. The first-order valence-electron chi connectivity index (χ1n) is 3.41. The van der Waals surface area contributed by atoms with Gasteiger partial charge < -0.3 is 0 Å². The summed E-state index contributed by atoms with van der Waals surface area (Å²) in [7, 11) is 0. The Balaban J connectivity index is 2.51. The average molecular weight is 255 g/mol. The fraction of sp³-hybridized carbons (Fsp3) is 0.125. The van der Waals surface area contributed by atoms with Crippen LogP contribution in [-0.2, 0) is 0 Å². The predicted octanol–water partition coefficient (Wildman–Crippen LogP) is 4.15. The second-order valence-corrected chi connectivity index (χ2v) is 4.30. The van der Waals surface area contributed by atoms with Crippen molar-refractivity contribution < 1.29 is 0 Å². The maximum Gasteiger partial charge on any atom is 0.0964 e. The molecular weight excluding hydrogens is 249 g/mol. The number of hydrogen-bond acceptors (Lipinski definition) is 2. The van der Waals surface area contributed by atoms with Crippen LogP contribution in [0.2, 0.25) is 5.02 Å². The molecule has 0 N–H and O–H groups in total. The summed E-state index contributed by atoms with van der Waals surface area (Å²) in [6.45, 7) is 0. The number of rotatable bonds is 3. The Kier molecular flexibility index (Phi) is 4.96. The molecule has 0 radical (unpaired) electrons. The molecule has 1 aromatic rings. The highest BCUT2D eigenvalue weighted by Gasteiger charge is 1.97. The quantitative estimate of drug-likeness (QED) is 0.752. The zero-order chi connectivity index (χ0) is 9.68. The van der Waals surface area contributed by atoms with Gasteiger partial charge >= 0.3 is 0 Å². The van der Waals surface area contributed by atoms with Crippen LogP contribution in [0.15, 0.2) is 33.9 Å². The lowest BCUT2D eigenvalue weighted by molar-refractivity contribution is 1.14. The van der Waals surface area contributed by atoms with Crippen molar-refractivity contribution in [3.8, 4) is 0 Å². The topological polar surface area (TPSA) is 12.9 Å². The molecule has 1 aromatic heterocycles. The summed E-state index contributed by atoms with van der Waals surface area (Å²) in [6, 6.07) is 3.63. The van der Waals surface area contributed by atoms with Crippen LogP contribution in [0.1, 0.15) is 0 Å². The lowest BCUT2D eigenvalue weighted by Crippen LogP contribution is -1.81. The van der Waals surface area contributed by atoms with E-state index in [1.54, 1.807) is 12.3 Å². The maximum absolute atomic E-state index is 5.70. The van der Waals surface area contributed by atoms with Crippen molar-refractivity contribution in [3.63, 3.8) is 0 Å². The first-order valence-corrected chi connectivity index (χ1v) is 5.59. The molecule has 0 saturated carbocycles. The van der Waals surface area contributed by atoms with Crippen molar-refractivity contribution in [2.24, 2.45) is 0 Å². The Hall–Kier alpha value is 0.110. The number of pyridine rings is 1. The minimum absolute atomic E-state index is 0.600. The van der Waals surface area contributed by atoms with E-state index in [4.69, 9.17) is 34.8 Å². The third-order valence-electron chi connectivity index (χ3n) is 1.18. The predicted molar refractivity (Wildman–Crippen MR) is 59.8 cm³/mol. The molecule has 0 fully saturated rings. The Morgan fingerprint density at radius 1 is 1.54 bits per heavy atom. The fourth-order valence-corrected chi connectivity index (χ4v) is 1.73. The molecular formula is C8H6Cl3NS. The number of nitrogens with zero attached hydrogens (tertiary/aromatic N) is 1. The van der Waals surface area contributed by atoms with Crippen molar-refractivity contribution in [3.05, 3.63) is 33.9 Å². The monoisotopic (exact) mass is 253 g/mol. The van der Waals surface area contributed by atoms with Crippen LogP contribution < -0.4 is 0 Å². The smallest absolute Gasteiger partial charge is 0.0964 e. The third kappa shape index (κ3) is 4.23. The van der Waals surface area contributed by atoms with E-state index >= 15 is 0 Å². The van der Waals surface area contributed by atoms with E-state index in [2.05, 4.69) is 4.98 Å². The Morgan fingerprint density at radius 2 is 2.31 bits per heavy atom. The van der Waals surface area contributed by atoms with Gasteiger partial charge in [-0.15, -0.1) is 11.8 Å². The summed E-state index contributed by atoms with van der Waals surface area (Å²) in [5.74, 6) is 0.625. The molecule has 0 bridgehead atoms. The van der Waals surface area contributed by atoms with Gasteiger partial charge in [-0.25, -0.2) is 4.98 Å². The van der Waals surface area contributed by atoms with Crippen LogP contribution in [-0.4, -0.2) is 10.7 Å². The Morgan fingerprint density at radius 3 is 2.85 bits per heavy atom. The average Bonchev–Trinajstić information content (AvgIpc) is 2.16. The van der Waals surface area contributed by atoms with E-state index in [0.717, 1.165) is 5.03 Å². The molecule has 1 rings (SSSR count). The van der Waals surface area contributed by atoms with Gasteiger partial charge in [0.05, 0.1) is 10.0 Å². The summed E-state index contributed by atoms with van der Waals surface area (Å²) in [5.41, 5.74) is 1.35. The van der Waals surface area contributed by atoms with Crippen LogP contribution in [0.25, 0.3) is 0 Å². The molecule has 0 saturated heterocycles. The Labute approximate surface area is 96.1 Å². The molecule has 70 valence electrons. The van der Waals surface area contributed by atoms with E-state index in [-0.39, 0.29) is 0 Å². The molecule has 0 amide bonds. The summed E-state index contributed by atoms with van der Waals surface area (Å²) in [4.78, 5) is 4.09. The SMILES string of the molecule is Cl/C=C(/Cl)CSc1ccc(Cl)cn1. The zero-order valence-corrected chi connectivity index (χ0v) is 9.59. The summed E-state index contributed by atoms with van der Waals surface area (Å²) < 4.78 is 0. The Bertz CT molecular complexity index is 297. The first kappa shape index (κ1) is 11.2. The molecule has 0 unspecified atom stereocenters. The lowest BCUT2D eigenvalue weighted by Gasteiger charge is -1.98. The first-order chi connectivity index (χ1) is 6.22. The molecule has 1 heterocycles. The maximum atomic E-state index is 5.70. The molecule has 5 heteroatoms. The van der Waals surface area contributed by atoms with Gasteiger partial charge in [-0.05, 0) is 12.1 Å². The summed E-state index contributed by atoms with van der Waals surface area (Å²) in [6.07, 6.45) is 1.60. The van der Waals surface area contributed by atoms with E-state index < -0.39 is 0 Å². The highest BCUT2D eigenvalue weighted by Crippen LogP contribution is 2.21. The second-order valence-electron chi connectivity index (χ2n) is 2.16. The van der Waals surface area contributed by atoms with Crippen LogP contribution in [0.4, 0.5) is 0 Å². The standard InChI is InChI=1S/C8H6Cl3NS/c9-3-7(11)5-13-8-2-1-6(10)4-12-8/h1-4H,5H2/b7-3+. The normalized spacial score (nSPS) is 11.8. The van der Waals surface area contributed by atoms with Gasteiger partial charge in [-0.3, -0.25) is 0 Å². The van der Waals surface area contributed by atoms with Gasteiger partial charge in [0.25, 0.3) is 0 Å². The van der Waals surface area contributed by atoms with Crippen molar-refractivity contribution in [1.82, 2.24) is 4.98 Å².